The van der Waals surface area contributed by atoms with Gasteiger partial charge in [0.25, 0.3) is 0 Å². The molecule has 28 heavy (non-hydrogen) atoms. The molecule has 1 aromatic carbocycles. The van der Waals surface area contributed by atoms with Crippen LogP contribution in [0.1, 0.15) is 37.5 Å². The van der Waals surface area contributed by atoms with Crippen LogP contribution in [0.25, 0.3) is 11.1 Å². The molecule has 2 amide bonds. The SMILES string of the molecule is NC(=O)C1CCN(C(=O)CN2CCC(c3nc4cc(Cl)ccc4o3)CC2)CC1. The van der Waals surface area contributed by atoms with Crippen LogP contribution in [-0.4, -0.2) is 59.3 Å². The number of amides is 2. The van der Waals surface area contributed by atoms with Gasteiger partial charge in [-0.25, -0.2) is 4.98 Å². The second kappa shape index (κ2) is 8.09. The number of carbonyl (C=O) groups is 2. The lowest BCUT2D eigenvalue weighted by molar-refractivity contribution is -0.136. The minimum absolute atomic E-state index is 0.0917. The predicted octanol–water partition coefficient (Wildman–Crippen LogP) is 2.38. The fourth-order valence-corrected chi connectivity index (χ4v) is 4.30. The van der Waals surface area contributed by atoms with Gasteiger partial charge in [-0.2, -0.15) is 0 Å². The molecule has 0 saturated carbocycles. The molecule has 0 atom stereocenters. The highest BCUT2D eigenvalue weighted by Crippen LogP contribution is 2.30. The van der Waals surface area contributed by atoms with Gasteiger partial charge in [0.05, 0.1) is 6.54 Å². The molecule has 1 aromatic heterocycles. The summed E-state index contributed by atoms with van der Waals surface area (Å²) >= 11 is 6.02. The normalized spacial score (nSPS) is 20.0. The average Bonchev–Trinajstić information content (AvgIpc) is 3.11. The maximum absolute atomic E-state index is 12.6. The van der Waals surface area contributed by atoms with Gasteiger partial charge in [0.2, 0.25) is 11.8 Å². The molecular formula is C20H25ClN4O3. The predicted molar refractivity (Wildman–Crippen MR) is 106 cm³/mol. The Hall–Kier alpha value is -2.12. The minimum Gasteiger partial charge on any atom is -0.440 e. The van der Waals surface area contributed by atoms with Crippen LogP contribution in [0.3, 0.4) is 0 Å². The van der Waals surface area contributed by atoms with E-state index in [1.165, 1.54) is 0 Å². The summed E-state index contributed by atoms with van der Waals surface area (Å²) in [6.45, 7) is 3.35. The number of carbonyl (C=O) groups excluding carboxylic acids is 2. The number of benzene rings is 1. The van der Waals surface area contributed by atoms with Gasteiger partial charge >= 0.3 is 0 Å². The number of likely N-dealkylation sites (tertiary alicyclic amines) is 2. The molecule has 0 spiro atoms. The molecule has 7 nitrogen and oxygen atoms in total. The van der Waals surface area contributed by atoms with Crippen LogP contribution >= 0.6 is 11.6 Å². The third kappa shape index (κ3) is 4.15. The smallest absolute Gasteiger partial charge is 0.236 e. The number of aromatic nitrogens is 1. The number of nitrogens with zero attached hydrogens (tertiary/aromatic N) is 3. The standard InChI is InChI=1S/C20H25ClN4O3/c21-15-1-2-17-16(11-15)23-20(28-17)14-3-7-24(8-4-14)12-18(26)25-9-5-13(6-10-25)19(22)27/h1-2,11,13-14H,3-10,12H2,(H2,22,27). The second-order valence-electron chi connectivity index (χ2n) is 7.77. The van der Waals surface area contributed by atoms with Gasteiger partial charge in [-0.3, -0.25) is 14.5 Å². The summed E-state index contributed by atoms with van der Waals surface area (Å²) in [5.41, 5.74) is 6.91. The lowest BCUT2D eigenvalue weighted by Crippen LogP contribution is -2.47. The van der Waals surface area contributed by atoms with E-state index < -0.39 is 0 Å². The van der Waals surface area contributed by atoms with Crippen LogP contribution in [-0.2, 0) is 9.59 Å². The van der Waals surface area contributed by atoms with Crippen LogP contribution < -0.4 is 5.73 Å². The number of piperidine rings is 2. The van der Waals surface area contributed by atoms with Crippen molar-refractivity contribution < 1.29 is 14.0 Å². The van der Waals surface area contributed by atoms with E-state index >= 15 is 0 Å². The summed E-state index contributed by atoms with van der Waals surface area (Å²) in [5.74, 6) is 0.820. The molecule has 0 bridgehead atoms. The van der Waals surface area contributed by atoms with Crippen LogP contribution in [0.4, 0.5) is 0 Å². The van der Waals surface area contributed by atoms with Crippen molar-refractivity contribution in [1.82, 2.24) is 14.8 Å². The number of rotatable bonds is 4. The van der Waals surface area contributed by atoms with Crippen LogP contribution in [0.5, 0.6) is 0 Å². The lowest BCUT2D eigenvalue weighted by atomic mass is 9.95. The summed E-state index contributed by atoms with van der Waals surface area (Å²) in [6.07, 6.45) is 3.17. The highest BCUT2D eigenvalue weighted by molar-refractivity contribution is 6.31. The van der Waals surface area contributed by atoms with Crippen LogP contribution in [0.2, 0.25) is 5.02 Å². The monoisotopic (exact) mass is 404 g/mol. The second-order valence-corrected chi connectivity index (χ2v) is 8.21. The van der Waals surface area contributed by atoms with Crippen LogP contribution in [0.15, 0.2) is 22.6 Å². The zero-order chi connectivity index (χ0) is 19.7. The van der Waals surface area contributed by atoms with Crippen molar-refractivity contribution in [1.29, 1.82) is 0 Å². The molecule has 150 valence electrons. The van der Waals surface area contributed by atoms with Crippen molar-refractivity contribution in [2.75, 3.05) is 32.7 Å². The Morgan fingerprint density at radius 3 is 2.54 bits per heavy atom. The van der Waals surface area contributed by atoms with E-state index in [0.29, 0.717) is 37.5 Å². The van der Waals surface area contributed by atoms with E-state index in [1.807, 2.05) is 17.0 Å². The van der Waals surface area contributed by atoms with Crippen molar-refractivity contribution in [3.8, 4) is 0 Å². The minimum atomic E-state index is -0.254. The number of hydrogen-bond acceptors (Lipinski definition) is 5. The Kier molecular flexibility index (Phi) is 5.55. The molecule has 0 radical (unpaired) electrons. The Labute approximate surface area is 168 Å². The lowest BCUT2D eigenvalue weighted by Gasteiger charge is -2.34. The van der Waals surface area contributed by atoms with E-state index in [4.69, 9.17) is 21.8 Å². The summed E-state index contributed by atoms with van der Waals surface area (Å²) in [7, 11) is 0. The molecular weight excluding hydrogens is 380 g/mol. The van der Waals surface area contributed by atoms with Crippen molar-refractivity contribution in [3.63, 3.8) is 0 Å². The Balaban J connectivity index is 1.28. The highest BCUT2D eigenvalue weighted by Gasteiger charge is 2.29. The maximum Gasteiger partial charge on any atom is 0.236 e. The van der Waals surface area contributed by atoms with Crippen molar-refractivity contribution in [2.45, 2.75) is 31.6 Å². The van der Waals surface area contributed by atoms with Gasteiger partial charge < -0.3 is 15.1 Å². The van der Waals surface area contributed by atoms with Crippen LogP contribution in [0, 0.1) is 5.92 Å². The highest BCUT2D eigenvalue weighted by atomic mass is 35.5. The van der Waals surface area contributed by atoms with Gasteiger partial charge in [0.15, 0.2) is 11.5 Å². The van der Waals surface area contributed by atoms with E-state index in [2.05, 4.69) is 9.88 Å². The number of halogens is 1. The van der Waals surface area contributed by atoms with Crippen molar-refractivity contribution in [3.05, 3.63) is 29.1 Å². The molecule has 2 saturated heterocycles. The first-order valence-corrected chi connectivity index (χ1v) is 10.2. The first kappa shape index (κ1) is 19.2. The van der Waals surface area contributed by atoms with Gasteiger partial charge in [-0.1, -0.05) is 11.6 Å². The summed E-state index contributed by atoms with van der Waals surface area (Å²) in [4.78, 5) is 32.5. The summed E-state index contributed by atoms with van der Waals surface area (Å²) in [6, 6.07) is 5.47. The van der Waals surface area contributed by atoms with Crippen molar-refractivity contribution in [2.24, 2.45) is 11.7 Å². The number of hydrogen-bond donors (Lipinski definition) is 1. The van der Waals surface area contributed by atoms with E-state index in [1.54, 1.807) is 6.07 Å². The fraction of sp³-hybridized carbons (Fsp3) is 0.550. The van der Waals surface area contributed by atoms with Gasteiger partial charge in [0, 0.05) is 29.9 Å². The molecule has 4 rings (SSSR count). The summed E-state index contributed by atoms with van der Waals surface area (Å²) < 4.78 is 5.90. The first-order chi connectivity index (χ1) is 13.5. The Morgan fingerprint density at radius 2 is 1.86 bits per heavy atom. The summed E-state index contributed by atoms with van der Waals surface area (Å²) in [5, 5.41) is 0.653. The Bertz CT molecular complexity index is 867. The zero-order valence-electron chi connectivity index (χ0n) is 15.8. The molecule has 0 aliphatic carbocycles. The number of fused-ring (bicyclic) bond motifs is 1. The van der Waals surface area contributed by atoms with E-state index in [-0.39, 0.29) is 23.7 Å². The molecule has 2 aromatic rings. The molecule has 2 aliphatic heterocycles. The first-order valence-electron chi connectivity index (χ1n) is 9.85. The van der Waals surface area contributed by atoms with Gasteiger partial charge in [-0.15, -0.1) is 0 Å². The molecule has 2 N–H and O–H groups in total. The molecule has 2 aliphatic rings. The third-order valence-corrected chi connectivity index (χ3v) is 6.15. The number of oxazole rings is 1. The molecule has 3 heterocycles. The van der Waals surface area contributed by atoms with Gasteiger partial charge in [0.1, 0.15) is 5.52 Å². The van der Waals surface area contributed by atoms with Gasteiger partial charge in [-0.05, 0) is 57.0 Å². The molecule has 0 unspecified atom stereocenters. The van der Waals surface area contributed by atoms with Crippen molar-refractivity contribution >= 4 is 34.5 Å². The quantitative estimate of drug-likeness (QED) is 0.844. The fourth-order valence-electron chi connectivity index (χ4n) is 4.14. The largest absolute Gasteiger partial charge is 0.440 e. The topological polar surface area (TPSA) is 92.7 Å². The van der Waals surface area contributed by atoms with E-state index in [0.717, 1.165) is 42.9 Å². The Morgan fingerprint density at radius 1 is 1.14 bits per heavy atom. The zero-order valence-corrected chi connectivity index (χ0v) is 16.5. The third-order valence-electron chi connectivity index (χ3n) is 5.91. The number of primary amides is 1. The molecule has 2 fully saturated rings. The maximum atomic E-state index is 12.6. The van der Waals surface area contributed by atoms with E-state index in [9.17, 15) is 9.59 Å². The number of nitrogens with two attached hydrogens (primary N) is 1. The average molecular weight is 405 g/mol. The molecule has 8 heteroatoms.